The number of nitro groups is 1. The molecule has 0 amide bonds. The molecule has 0 radical (unpaired) electrons. The van der Waals surface area contributed by atoms with Crippen molar-refractivity contribution >= 4 is 87.2 Å². The van der Waals surface area contributed by atoms with E-state index in [1.54, 1.807) is 164 Å². The van der Waals surface area contributed by atoms with Gasteiger partial charge in [0.2, 0.25) is 0 Å². The second-order valence-electron chi connectivity index (χ2n) is 22.4. The van der Waals surface area contributed by atoms with Crippen molar-refractivity contribution in [2.75, 3.05) is 21.3 Å². The normalized spacial score (nSPS) is 11.2. The van der Waals surface area contributed by atoms with Gasteiger partial charge in [0.15, 0.2) is 34.0 Å². The van der Waals surface area contributed by atoms with Crippen LogP contribution in [-0.2, 0) is 0 Å². The number of non-ortho nitro benzene ring substituents is 1. The predicted molar refractivity (Wildman–Crippen MR) is 382 cm³/mol. The Labute approximate surface area is 592 Å². The fraction of sp³-hybridized carbons (Fsp3) is 0.0526. The lowest BCUT2D eigenvalue weighted by Gasteiger charge is -2.15. The van der Waals surface area contributed by atoms with Gasteiger partial charge >= 0.3 is 23.2 Å². The van der Waals surface area contributed by atoms with Crippen LogP contribution in [0.25, 0.3) is 82.7 Å². The summed E-state index contributed by atoms with van der Waals surface area (Å²) in [5.41, 5.74) is -2.67. The van der Waals surface area contributed by atoms with Crippen LogP contribution in [0.2, 0.25) is 0 Å². The number of halogens is 4. The van der Waals surface area contributed by atoms with E-state index in [2.05, 4.69) is 20.7 Å². The highest BCUT2D eigenvalue weighted by atomic mass is 79.9. The van der Waals surface area contributed by atoms with E-state index in [0.717, 1.165) is 28.7 Å². The van der Waals surface area contributed by atoms with E-state index in [1.807, 2.05) is 6.07 Å². The summed E-state index contributed by atoms with van der Waals surface area (Å²) in [5.74, 6) is -2.70. The van der Waals surface area contributed by atoms with Crippen LogP contribution in [0.5, 0.6) is 74.7 Å². The molecule has 0 saturated heterocycles. The summed E-state index contributed by atoms with van der Waals surface area (Å²) >= 11 is 3.33. The summed E-state index contributed by atoms with van der Waals surface area (Å²) in [6, 6.07) is 56.7. The number of rotatable bonds is 14. The maximum atomic E-state index is 13.7. The van der Waals surface area contributed by atoms with Gasteiger partial charge in [-0.25, -0.2) is 14.4 Å². The Bertz CT molecular complexity index is 6310. The third-order valence-corrected chi connectivity index (χ3v) is 16.6. The summed E-state index contributed by atoms with van der Waals surface area (Å²) < 4.78 is 94.8. The SMILES string of the molecule is COc1ccc2c3oc(=O)c(Oc4ccc(Br)cc4)c(O)c3c(=O)n(-c3ccccc3)c2c1.COc1ccc2c3oc(=O)c(Oc4ccc(OC(F)(F)F)cc4)c(O)c3c(=O)n(-c3ccccc3)c2c1.COc1ccc2c3oc(=O)c(Oc4ccc([N+](=O)[O-])cc4)c(O)c3c(=O)n(-c3ccccc3)c2c1. The summed E-state index contributed by atoms with van der Waals surface area (Å²) in [7, 11) is 4.47. The van der Waals surface area contributed by atoms with E-state index in [9.17, 15) is 67.4 Å². The van der Waals surface area contributed by atoms with E-state index in [4.69, 9.17) is 41.7 Å². The van der Waals surface area contributed by atoms with E-state index in [-0.39, 0.29) is 50.1 Å². The number of hydrogen-bond donors (Lipinski definition) is 3. The molecule has 15 rings (SSSR count). The van der Waals surface area contributed by atoms with Gasteiger partial charge in [-0.2, -0.15) is 0 Å². The number of alkyl halides is 3. The number of pyridine rings is 3. The van der Waals surface area contributed by atoms with Crippen molar-refractivity contribution in [3.05, 3.63) is 295 Å². The molecule has 105 heavy (non-hydrogen) atoms. The predicted octanol–water partition coefficient (Wildman–Crippen LogP) is 15.4. The molecule has 0 spiro atoms. The molecular weight excluding hydrogens is 1440 g/mol. The van der Waals surface area contributed by atoms with Crippen molar-refractivity contribution in [3.8, 4) is 91.8 Å². The van der Waals surface area contributed by atoms with Crippen molar-refractivity contribution in [1.82, 2.24) is 13.7 Å². The van der Waals surface area contributed by atoms with E-state index < -0.39 is 85.1 Å². The minimum Gasteiger partial charge on any atom is -0.503 e. The topological polar surface area (TPSA) is 325 Å². The molecule has 6 heterocycles. The first-order valence-corrected chi connectivity index (χ1v) is 31.7. The summed E-state index contributed by atoms with van der Waals surface area (Å²) in [4.78, 5) is 89.6. The third kappa shape index (κ3) is 13.6. The Morgan fingerprint density at radius 2 is 0.676 bits per heavy atom. The highest BCUT2D eigenvalue weighted by molar-refractivity contribution is 9.10. The van der Waals surface area contributed by atoms with Gasteiger partial charge in [0.1, 0.15) is 56.4 Å². The number of aromatic nitrogens is 3. The number of nitrogens with zero attached hydrogens (tertiary/aromatic N) is 4. The van der Waals surface area contributed by atoms with Gasteiger partial charge in [0.25, 0.3) is 39.6 Å². The number of nitro benzene ring substituents is 1. The number of methoxy groups -OCH3 is 3. The van der Waals surface area contributed by atoms with Crippen molar-refractivity contribution in [2.45, 2.75) is 6.36 Å². The largest absolute Gasteiger partial charge is 0.573 e. The lowest BCUT2D eigenvalue weighted by molar-refractivity contribution is -0.384. The van der Waals surface area contributed by atoms with Crippen molar-refractivity contribution in [2.24, 2.45) is 0 Å². The van der Waals surface area contributed by atoms with Crippen molar-refractivity contribution in [3.63, 3.8) is 0 Å². The second-order valence-corrected chi connectivity index (χ2v) is 23.3. The van der Waals surface area contributed by atoms with Crippen LogP contribution in [0, 0.1) is 10.1 Å². The first-order valence-electron chi connectivity index (χ1n) is 30.9. The molecule has 3 N–H and O–H groups in total. The molecule has 0 fully saturated rings. The van der Waals surface area contributed by atoms with Crippen molar-refractivity contribution < 1.29 is 79.8 Å². The number of para-hydroxylation sites is 3. The van der Waals surface area contributed by atoms with Gasteiger partial charge in [-0.3, -0.25) is 38.2 Å². The first-order chi connectivity index (χ1) is 50.5. The monoisotopic (exact) mass is 1490 g/mol. The Kier molecular flexibility index (Phi) is 18.8. The molecule has 0 aliphatic rings. The number of ether oxygens (including phenoxy) is 7. The van der Waals surface area contributed by atoms with E-state index in [1.165, 1.54) is 59.3 Å². The third-order valence-electron chi connectivity index (χ3n) is 16.1. The Hall–Kier alpha value is -14.1. The van der Waals surface area contributed by atoms with Gasteiger partial charge in [0, 0.05) is 68.0 Å². The Balaban J connectivity index is 0.000000140. The molecule has 0 aliphatic heterocycles. The van der Waals surface area contributed by atoms with Gasteiger partial charge in [-0.05, 0) is 133 Å². The molecule has 0 atom stereocenters. The van der Waals surface area contributed by atoms with Crippen LogP contribution in [-0.4, -0.2) is 61.6 Å². The molecule has 0 aliphatic carbocycles. The van der Waals surface area contributed by atoms with Gasteiger partial charge < -0.3 is 61.7 Å². The molecule has 526 valence electrons. The quantitative estimate of drug-likeness (QED) is 0.0517. The van der Waals surface area contributed by atoms with Crippen LogP contribution in [0.15, 0.2) is 265 Å². The summed E-state index contributed by atoms with van der Waals surface area (Å²) in [5, 5.41) is 44.4. The zero-order chi connectivity index (χ0) is 74.1. The number of aromatic hydroxyl groups is 3. The van der Waals surface area contributed by atoms with Crippen LogP contribution in [0.4, 0.5) is 18.9 Å². The highest BCUT2D eigenvalue weighted by Gasteiger charge is 2.32. The number of benzene rings is 9. The standard InChI is InChI=1S/C26H16F3NO7.C25H16BrNO6.C25H16N2O8/c1-34-17-11-12-18-19(13-17)30(14-5-3-2-4-6-14)24(32)20-21(31)23(25(33)36-22(18)20)35-15-7-9-16(10-8-15)37-26(27,28)29;1-31-17-11-12-18-19(13-17)27(15-5-3-2-4-6-15)24(29)20-21(28)23(25(30)33-22(18)20)32-16-9-7-14(26)8-10-16;1-33-17-11-12-18-19(13-17)26(14-5-3-2-4-6-14)24(29)20-21(28)23(25(30)35-22(18)20)34-16-9-7-15(8-10-16)27(31)32/h2-13,31H,1H3;2-13,28H,1H3;2-13,28H,1H3. The molecule has 0 bridgehead atoms. The Morgan fingerprint density at radius 1 is 0.400 bits per heavy atom. The first kappa shape index (κ1) is 69.4. The zero-order valence-corrected chi connectivity index (χ0v) is 55.9. The van der Waals surface area contributed by atoms with Gasteiger partial charge in [-0.1, -0.05) is 70.5 Å². The van der Waals surface area contributed by atoms with Crippen LogP contribution < -0.4 is 66.7 Å². The van der Waals surface area contributed by atoms with Gasteiger partial charge in [0.05, 0.1) is 42.8 Å². The molecule has 9 aromatic carbocycles. The molecule has 0 unspecified atom stereocenters. The molecule has 15 aromatic rings. The molecule has 29 heteroatoms. The maximum absolute atomic E-state index is 13.7. The van der Waals surface area contributed by atoms with E-state index >= 15 is 0 Å². The number of hydrogen-bond acceptors (Lipinski definition) is 21. The van der Waals surface area contributed by atoms with Crippen LogP contribution >= 0.6 is 15.9 Å². The van der Waals surface area contributed by atoms with Crippen LogP contribution in [0.1, 0.15) is 0 Å². The minimum atomic E-state index is -4.88. The molecular formula is C76H48BrF3N4O21. The zero-order valence-electron chi connectivity index (χ0n) is 54.3. The van der Waals surface area contributed by atoms with Crippen LogP contribution in [0.3, 0.4) is 0 Å². The summed E-state index contributed by atoms with van der Waals surface area (Å²) in [6.07, 6.45) is -4.88. The molecule has 0 saturated carbocycles. The lowest BCUT2D eigenvalue weighted by atomic mass is 10.1. The molecule has 6 aromatic heterocycles. The molecule has 25 nitrogen and oxygen atoms in total. The minimum absolute atomic E-state index is 0.0320. The highest BCUT2D eigenvalue weighted by Crippen LogP contribution is 2.41. The van der Waals surface area contributed by atoms with E-state index in [0.29, 0.717) is 72.8 Å². The van der Waals surface area contributed by atoms with Crippen molar-refractivity contribution in [1.29, 1.82) is 0 Å². The second kappa shape index (κ2) is 28.5. The average Bonchev–Trinajstić information content (AvgIpc) is 0.742. The fourth-order valence-corrected chi connectivity index (χ4v) is 11.6. The lowest BCUT2D eigenvalue weighted by Crippen LogP contribution is -2.20. The maximum Gasteiger partial charge on any atom is 0.573 e. The Morgan fingerprint density at radius 3 is 0.962 bits per heavy atom. The smallest absolute Gasteiger partial charge is 0.503 e. The van der Waals surface area contributed by atoms with Gasteiger partial charge in [-0.15, -0.1) is 13.2 Å². The fourth-order valence-electron chi connectivity index (χ4n) is 11.4. The number of fused-ring (bicyclic) bond motifs is 9. The summed E-state index contributed by atoms with van der Waals surface area (Å²) in [6.45, 7) is 0. The average molecular weight is 1490 g/mol.